The van der Waals surface area contributed by atoms with Crippen molar-refractivity contribution in [2.45, 2.75) is 13.3 Å². The highest BCUT2D eigenvalue weighted by Crippen LogP contribution is 2.18. The maximum Gasteiger partial charge on any atom is 0.308 e. The molecular weight excluding hydrogens is 268 g/mol. The first-order valence-electron chi connectivity index (χ1n) is 6.90. The average Bonchev–Trinajstić information content (AvgIpc) is 2.94. The number of nitrogens with one attached hydrogen (secondary N) is 1. The molecule has 1 heterocycles. The van der Waals surface area contributed by atoms with Crippen LogP contribution in [0, 0.1) is 6.92 Å². The molecular formula is C15H20N4O2. The van der Waals surface area contributed by atoms with E-state index < -0.39 is 0 Å². The van der Waals surface area contributed by atoms with Gasteiger partial charge in [0.25, 0.3) is 0 Å². The number of amides is 1. The molecule has 1 aromatic heterocycles. The molecule has 0 bridgehead atoms. The van der Waals surface area contributed by atoms with Gasteiger partial charge in [0, 0.05) is 12.1 Å². The minimum atomic E-state index is -0.334. The molecule has 0 aliphatic heterocycles. The molecule has 0 saturated heterocycles. The van der Waals surface area contributed by atoms with Gasteiger partial charge in [-0.05, 0) is 46.1 Å². The Hall–Kier alpha value is -2.21. The zero-order valence-electron chi connectivity index (χ0n) is 12.6. The first-order valence-corrected chi connectivity index (χ1v) is 6.90. The van der Waals surface area contributed by atoms with Crippen molar-refractivity contribution < 1.29 is 9.21 Å². The number of nitrogens with zero attached hydrogens (tertiary/aromatic N) is 3. The number of rotatable bonds is 6. The SMILES string of the molecule is Cc1ccc(-c2nnc(C(=O)NCCCN(C)C)o2)cc1. The molecule has 1 N–H and O–H groups in total. The first-order chi connectivity index (χ1) is 10.1. The van der Waals surface area contributed by atoms with E-state index in [1.807, 2.05) is 45.3 Å². The van der Waals surface area contributed by atoms with Crippen LogP contribution in [0.5, 0.6) is 0 Å². The Bertz CT molecular complexity index is 590. The topological polar surface area (TPSA) is 71.3 Å². The summed E-state index contributed by atoms with van der Waals surface area (Å²) in [4.78, 5) is 13.9. The predicted molar refractivity (Wildman–Crippen MR) is 80.0 cm³/mol. The lowest BCUT2D eigenvalue weighted by Crippen LogP contribution is -2.27. The second-order valence-electron chi connectivity index (χ2n) is 5.19. The quantitative estimate of drug-likeness (QED) is 0.820. The van der Waals surface area contributed by atoms with Crippen molar-refractivity contribution >= 4 is 5.91 Å². The van der Waals surface area contributed by atoms with Gasteiger partial charge in [0.05, 0.1) is 0 Å². The molecule has 0 atom stereocenters. The van der Waals surface area contributed by atoms with E-state index in [1.165, 1.54) is 0 Å². The highest BCUT2D eigenvalue weighted by atomic mass is 16.4. The third kappa shape index (κ3) is 4.39. The van der Waals surface area contributed by atoms with Crippen molar-refractivity contribution in [2.24, 2.45) is 0 Å². The third-order valence-corrected chi connectivity index (χ3v) is 2.99. The molecule has 6 heteroatoms. The zero-order valence-corrected chi connectivity index (χ0v) is 12.6. The van der Waals surface area contributed by atoms with Gasteiger partial charge in [-0.1, -0.05) is 17.7 Å². The van der Waals surface area contributed by atoms with E-state index in [4.69, 9.17) is 4.42 Å². The number of carbonyl (C=O) groups excluding carboxylic acids is 1. The Morgan fingerprint density at radius 2 is 1.95 bits per heavy atom. The molecule has 6 nitrogen and oxygen atoms in total. The summed E-state index contributed by atoms with van der Waals surface area (Å²) in [5, 5.41) is 10.5. The molecule has 1 aromatic carbocycles. The van der Waals surface area contributed by atoms with Gasteiger partial charge in [0.15, 0.2) is 0 Å². The van der Waals surface area contributed by atoms with Gasteiger partial charge < -0.3 is 14.6 Å². The van der Waals surface area contributed by atoms with Crippen molar-refractivity contribution in [2.75, 3.05) is 27.2 Å². The summed E-state index contributed by atoms with van der Waals surface area (Å²) in [7, 11) is 3.99. The maximum absolute atomic E-state index is 11.9. The lowest BCUT2D eigenvalue weighted by Gasteiger charge is -2.08. The molecule has 0 aliphatic carbocycles. The van der Waals surface area contributed by atoms with Gasteiger partial charge in [0.2, 0.25) is 5.89 Å². The Kier molecular flexibility index (Phi) is 5.05. The molecule has 0 aliphatic rings. The summed E-state index contributed by atoms with van der Waals surface area (Å²) < 4.78 is 5.40. The molecule has 2 rings (SSSR count). The van der Waals surface area contributed by atoms with Crippen LogP contribution in [0.3, 0.4) is 0 Å². The minimum Gasteiger partial charge on any atom is -0.412 e. The number of aromatic nitrogens is 2. The van der Waals surface area contributed by atoms with Crippen LogP contribution in [0.2, 0.25) is 0 Å². The number of carbonyl (C=O) groups is 1. The standard InChI is InChI=1S/C15H20N4O2/c1-11-5-7-12(8-6-11)14-17-18-15(21-14)13(20)16-9-4-10-19(2)3/h5-8H,4,9-10H2,1-3H3,(H,16,20). The van der Waals surface area contributed by atoms with Crippen molar-refractivity contribution in [1.82, 2.24) is 20.4 Å². The highest BCUT2D eigenvalue weighted by molar-refractivity contribution is 5.89. The van der Waals surface area contributed by atoms with E-state index in [2.05, 4.69) is 20.4 Å². The summed E-state index contributed by atoms with van der Waals surface area (Å²) in [6.07, 6.45) is 0.873. The third-order valence-electron chi connectivity index (χ3n) is 2.99. The number of hydrogen-bond donors (Lipinski definition) is 1. The summed E-state index contributed by atoms with van der Waals surface area (Å²) in [6.45, 7) is 3.50. The summed E-state index contributed by atoms with van der Waals surface area (Å²) in [5.41, 5.74) is 1.96. The molecule has 1 amide bonds. The van der Waals surface area contributed by atoms with Crippen LogP contribution in [-0.4, -0.2) is 48.2 Å². The van der Waals surface area contributed by atoms with E-state index >= 15 is 0 Å². The van der Waals surface area contributed by atoms with Crippen molar-refractivity contribution in [3.05, 3.63) is 35.7 Å². The predicted octanol–water partition coefficient (Wildman–Crippen LogP) is 1.73. The molecule has 21 heavy (non-hydrogen) atoms. The Balaban J connectivity index is 1.93. The number of hydrogen-bond acceptors (Lipinski definition) is 5. The van der Waals surface area contributed by atoms with E-state index in [1.54, 1.807) is 0 Å². The normalized spacial score (nSPS) is 10.9. The fourth-order valence-electron chi connectivity index (χ4n) is 1.80. The summed E-state index contributed by atoms with van der Waals surface area (Å²) in [5.74, 6) is 0.0171. The van der Waals surface area contributed by atoms with Crippen molar-refractivity contribution in [3.8, 4) is 11.5 Å². The molecule has 0 saturated carbocycles. The highest BCUT2D eigenvalue weighted by Gasteiger charge is 2.15. The fourth-order valence-corrected chi connectivity index (χ4v) is 1.80. The largest absolute Gasteiger partial charge is 0.412 e. The van der Waals surface area contributed by atoms with E-state index in [0.717, 1.165) is 24.1 Å². The van der Waals surface area contributed by atoms with Gasteiger partial charge in [-0.15, -0.1) is 10.2 Å². The molecule has 2 aromatic rings. The van der Waals surface area contributed by atoms with Crippen molar-refractivity contribution in [1.29, 1.82) is 0 Å². The average molecular weight is 288 g/mol. The van der Waals surface area contributed by atoms with Crippen LogP contribution in [0.25, 0.3) is 11.5 Å². The van der Waals surface area contributed by atoms with Gasteiger partial charge in [-0.25, -0.2) is 0 Å². The molecule has 0 spiro atoms. The smallest absolute Gasteiger partial charge is 0.308 e. The lowest BCUT2D eigenvalue weighted by molar-refractivity contribution is 0.0918. The van der Waals surface area contributed by atoms with Crippen LogP contribution in [0.1, 0.15) is 22.7 Å². The summed E-state index contributed by atoms with van der Waals surface area (Å²) >= 11 is 0. The molecule has 0 unspecified atom stereocenters. The van der Waals surface area contributed by atoms with Crippen LogP contribution in [0.15, 0.2) is 28.7 Å². The first kappa shape index (κ1) is 15.2. The van der Waals surface area contributed by atoms with Crippen LogP contribution < -0.4 is 5.32 Å². The van der Waals surface area contributed by atoms with Gasteiger partial charge in [0.1, 0.15) is 0 Å². The van der Waals surface area contributed by atoms with Crippen molar-refractivity contribution in [3.63, 3.8) is 0 Å². The van der Waals surface area contributed by atoms with E-state index in [0.29, 0.717) is 12.4 Å². The Labute approximate surface area is 124 Å². The monoisotopic (exact) mass is 288 g/mol. The van der Waals surface area contributed by atoms with E-state index in [9.17, 15) is 4.79 Å². The maximum atomic E-state index is 11.9. The number of benzene rings is 1. The van der Waals surface area contributed by atoms with Gasteiger partial charge in [-0.3, -0.25) is 4.79 Å². The number of aryl methyl sites for hydroxylation is 1. The Morgan fingerprint density at radius 3 is 2.62 bits per heavy atom. The van der Waals surface area contributed by atoms with Crippen LogP contribution >= 0.6 is 0 Å². The Morgan fingerprint density at radius 1 is 1.24 bits per heavy atom. The molecule has 0 radical (unpaired) electrons. The second kappa shape index (κ2) is 6.99. The van der Waals surface area contributed by atoms with Gasteiger partial charge >= 0.3 is 11.8 Å². The molecule has 112 valence electrons. The fraction of sp³-hybridized carbons (Fsp3) is 0.400. The second-order valence-corrected chi connectivity index (χ2v) is 5.19. The zero-order chi connectivity index (χ0) is 15.2. The summed E-state index contributed by atoms with van der Waals surface area (Å²) in [6, 6.07) is 7.70. The van der Waals surface area contributed by atoms with E-state index in [-0.39, 0.29) is 11.8 Å². The minimum absolute atomic E-state index is 0.00423. The van der Waals surface area contributed by atoms with Gasteiger partial charge in [-0.2, -0.15) is 0 Å². The molecule has 0 fully saturated rings. The van der Waals surface area contributed by atoms with Crippen LogP contribution in [0.4, 0.5) is 0 Å². The lowest BCUT2D eigenvalue weighted by atomic mass is 10.1. The van der Waals surface area contributed by atoms with Crippen LogP contribution in [-0.2, 0) is 0 Å².